The maximum atomic E-state index is 9.73. The zero-order valence-electron chi connectivity index (χ0n) is 14.1. The number of hydrogen-bond donors (Lipinski definition) is 2. The van der Waals surface area contributed by atoms with Crippen LogP contribution in [0.25, 0.3) is 22.2 Å². The molecular formula is C21H18N4O. The van der Waals surface area contributed by atoms with Gasteiger partial charge in [-0.1, -0.05) is 48.5 Å². The highest BCUT2D eigenvalue weighted by atomic mass is 16.3. The monoisotopic (exact) mass is 342 g/mol. The lowest BCUT2D eigenvalue weighted by atomic mass is 10.1. The highest BCUT2D eigenvalue weighted by molar-refractivity contribution is 5.83. The number of nitrogens with zero attached hydrogens (tertiary/aromatic N) is 3. The topological polar surface area (TPSA) is 70.9 Å². The lowest BCUT2D eigenvalue weighted by Crippen LogP contribution is -2.15. The summed E-state index contributed by atoms with van der Waals surface area (Å²) in [7, 11) is 0. The third-order valence-electron chi connectivity index (χ3n) is 4.26. The molecule has 0 radical (unpaired) electrons. The molecule has 5 heteroatoms. The molecule has 2 N–H and O–H groups in total. The lowest BCUT2D eigenvalue weighted by Gasteiger charge is -2.17. The Morgan fingerprint density at radius 1 is 0.885 bits per heavy atom. The molecule has 0 saturated heterocycles. The fourth-order valence-electron chi connectivity index (χ4n) is 2.90. The Balaban J connectivity index is 1.63. The van der Waals surface area contributed by atoms with Gasteiger partial charge in [0.15, 0.2) is 0 Å². The maximum absolute atomic E-state index is 9.73. The number of aromatic nitrogens is 3. The van der Waals surface area contributed by atoms with Crippen LogP contribution < -0.4 is 5.32 Å². The first kappa shape index (κ1) is 16.2. The summed E-state index contributed by atoms with van der Waals surface area (Å²) < 4.78 is 0. The minimum atomic E-state index is -0.228. The molecule has 5 nitrogen and oxygen atoms in total. The Morgan fingerprint density at radius 2 is 1.69 bits per heavy atom. The first-order chi connectivity index (χ1) is 12.8. The SMILES string of the molecule is OCC(Nc1cc(-c2cnc3ccccc3c2)ncn1)c1ccccc1. The molecule has 2 aromatic heterocycles. The van der Waals surface area contributed by atoms with Crippen LogP contribution in [0.15, 0.2) is 79.3 Å². The van der Waals surface area contributed by atoms with Crippen LogP contribution in [0.5, 0.6) is 0 Å². The number of rotatable bonds is 5. The molecule has 0 saturated carbocycles. The summed E-state index contributed by atoms with van der Waals surface area (Å²) in [6, 6.07) is 21.5. The molecule has 2 heterocycles. The van der Waals surface area contributed by atoms with E-state index in [1.165, 1.54) is 6.33 Å². The Kier molecular flexibility index (Phi) is 4.53. The third kappa shape index (κ3) is 3.38. The van der Waals surface area contributed by atoms with E-state index in [2.05, 4.69) is 26.3 Å². The van der Waals surface area contributed by atoms with E-state index < -0.39 is 0 Å². The van der Waals surface area contributed by atoms with Crippen LogP contribution in [-0.2, 0) is 0 Å². The Hall–Kier alpha value is -3.31. The zero-order chi connectivity index (χ0) is 17.8. The van der Waals surface area contributed by atoms with E-state index in [1.807, 2.05) is 66.9 Å². The van der Waals surface area contributed by atoms with Crippen LogP contribution in [0.4, 0.5) is 5.82 Å². The predicted octanol–water partition coefficient (Wildman–Crippen LogP) is 3.84. The van der Waals surface area contributed by atoms with Gasteiger partial charge in [-0.15, -0.1) is 0 Å². The molecule has 0 spiro atoms. The number of aliphatic hydroxyl groups excluding tert-OH is 1. The number of para-hydroxylation sites is 1. The van der Waals surface area contributed by atoms with Crippen molar-refractivity contribution >= 4 is 16.7 Å². The predicted molar refractivity (Wildman–Crippen MR) is 103 cm³/mol. The molecule has 0 aliphatic heterocycles. The van der Waals surface area contributed by atoms with Crippen molar-refractivity contribution in [1.29, 1.82) is 0 Å². The minimum absolute atomic E-state index is 0.0269. The van der Waals surface area contributed by atoms with Crippen LogP contribution in [0, 0.1) is 0 Å². The molecule has 1 atom stereocenters. The Labute approximate surface area is 151 Å². The highest BCUT2D eigenvalue weighted by Crippen LogP contribution is 2.24. The largest absolute Gasteiger partial charge is 0.394 e. The number of hydrogen-bond acceptors (Lipinski definition) is 5. The van der Waals surface area contributed by atoms with Crippen molar-refractivity contribution in [2.24, 2.45) is 0 Å². The number of pyridine rings is 1. The van der Waals surface area contributed by atoms with Gasteiger partial charge in [-0.25, -0.2) is 9.97 Å². The van der Waals surface area contributed by atoms with Crippen LogP contribution in [0.2, 0.25) is 0 Å². The van der Waals surface area contributed by atoms with Crippen molar-refractivity contribution < 1.29 is 5.11 Å². The molecule has 4 aromatic rings. The van der Waals surface area contributed by atoms with E-state index in [9.17, 15) is 5.11 Å². The minimum Gasteiger partial charge on any atom is -0.394 e. The van der Waals surface area contributed by atoms with Gasteiger partial charge in [0, 0.05) is 23.2 Å². The van der Waals surface area contributed by atoms with Crippen LogP contribution in [0.3, 0.4) is 0 Å². The summed E-state index contributed by atoms with van der Waals surface area (Å²) in [5, 5.41) is 14.1. The van der Waals surface area contributed by atoms with E-state index in [-0.39, 0.29) is 12.6 Å². The van der Waals surface area contributed by atoms with Gasteiger partial charge in [0.1, 0.15) is 12.1 Å². The van der Waals surface area contributed by atoms with Crippen molar-refractivity contribution in [2.45, 2.75) is 6.04 Å². The van der Waals surface area contributed by atoms with Crippen molar-refractivity contribution in [3.8, 4) is 11.3 Å². The number of fused-ring (bicyclic) bond motifs is 1. The molecule has 0 amide bonds. The number of nitrogens with one attached hydrogen (secondary N) is 1. The van der Waals surface area contributed by atoms with E-state index in [4.69, 9.17) is 0 Å². The maximum Gasteiger partial charge on any atom is 0.130 e. The fourth-order valence-corrected chi connectivity index (χ4v) is 2.90. The molecule has 4 rings (SSSR count). The van der Waals surface area contributed by atoms with Crippen LogP contribution in [0.1, 0.15) is 11.6 Å². The summed E-state index contributed by atoms with van der Waals surface area (Å²) in [6.45, 7) is -0.0269. The standard InChI is InChI=1S/C21H18N4O/c26-13-20(15-6-2-1-3-7-15)25-21-11-19(23-14-24-21)17-10-16-8-4-5-9-18(16)22-12-17/h1-12,14,20,26H,13H2,(H,23,24,25). The third-order valence-corrected chi connectivity index (χ3v) is 4.26. The number of benzene rings is 2. The zero-order valence-corrected chi connectivity index (χ0v) is 14.1. The molecule has 0 bridgehead atoms. The van der Waals surface area contributed by atoms with Gasteiger partial charge in [0.05, 0.1) is 23.9 Å². The quantitative estimate of drug-likeness (QED) is 0.577. The Bertz CT molecular complexity index is 1020. The van der Waals surface area contributed by atoms with E-state index >= 15 is 0 Å². The van der Waals surface area contributed by atoms with E-state index in [1.54, 1.807) is 0 Å². The van der Waals surface area contributed by atoms with E-state index in [0.29, 0.717) is 5.82 Å². The van der Waals surface area contributed by atoms with Crippen LogP contribution >= 0.6 is 0 Å². The van der Waals surface area contributed by atoms with Gasteiger partial charge in [0.2, 0.25) is 0 Å². The summed E-state index contributed by atoms with van der Waals surface area (Å²) >= 11 is 0. The van der Waals surface area contributed by atoms with Gasteiger partial charge in [0.25, 0.3) is 0 Å². The summed E-state index contributed by atoms with van der Waals surface area (Å²) in [5.41, 5.74) is 3.66. The van der Waals surface area contributed by atoms with E-state index in [0.717, 1.165) is 27.7 Å². The summed E-state index contributed by atoms with van der Waals surface area (Å²) in [5.74, 6) is 0.658. The molecule has 0 aliphatic carbocycles. The van der Waals surface area contributed by atoms with Crippen molar-refractivity contribution in [1.82, 2.24) is 15.0 Å². The summed E-state index contributed by atoms with van der Waals surface area (Å²) in [4.78, 5) is 13.1. The van der Waals surface area contributed by atoms with Gasteiger partial charge < -0.3 is 10.4 Å². The van der Waals surface area contributed by atoms with Gasteiger partial charge in [-0.2, -0.15) is 0 Å². The fraction of sp³-hybridized carbons (Fsp3) is 0.0952. The molecular weight excluding hydrogens is 324 g/mol. The van der Waals surface area contributed by atoms with Gasteiger partial charge >= 0.3 is 0 Å². The Morgan fingerprint density at radius 3 is 2.54 bits per heavy atom. The second-order valence-electron chi connectivity index (χ2n) is 6.00. The lowest BCUT2D eigenvalue weighted by molar-refractivity contribution is 0.276. The molecule has 128 valence electrons. The molecule has 0 aliphatic rings. The first-order valence-electron chi connectivity index (χ1n) is 8.43. The van der Waals surface area contributed by atoms with Gasteiger partial charge in [-0.05, 0) is 17.7 Å². The average molecular weight is 342 g/mol. The molecule has 1 unspecified atom stereocenters. The first-order valence-corrected chi connectivity index (χ1v) is 8.43. The average Bonchev–Trinajstić information content (AvgIpc) is 2.72. The molecule has 26 heavy (non-hydrogen) atoms. The molecule has 2 aromatic carbocycles. The normalized spacial score (nSPS) is 12.0. The second-order valence-corrected chi connectivity index (χ2v) is 6.00. The number of aliphatic hydroxyl groups is 1. The van der Waals surface area contributed by atoms with Gasteiger partial charge in [-0.3, -0.25) is 4.98 Å². The van der Waals surface area contributed by atoms with Crippen molar-refractivity contribution in [3.05, 3.63) is 84.8 Å². The highest BCUT2D eigenvalue weighted by Gasteiger charge is 2.11. The molecule has 0 fully saturated rings. The van der Waals surface area contributed by atoms with Crippen molar-refractivity contribution in [3.63, 3.8) is 0 Å². The van der Waals surface area contributed by atoms with Crippen molar-refractivity contribution in [2.75, 3.05) is 11.9 Å². The summed E-state index contributed by atoms with van der Waals surface area (Å²) in [6.07, 6.45) is 3.33. The second kappa shape index (κ2) is 7.29. The van der Waals surface area contributed by atoms with Crippen LogP contribution in [-0.4, -0.2) is 26.7 Å². The smallest absolute Gasteiger partial charge is 0.130 e. The number of anilines is 1.